The number of allylic oxidation sites excluding steroid dienone is 2. The normalized spacial score (nSPS) is 8.00. The smallest absolute Gasteiger partial charge is 0 e. The molecule has 0 saturated heterocycles. The molecule has 0 aliphatic rings. The van der Waals surface area contributed by atoms with E-state index < -0.39 is 0 Å². The van der Waals surface area contributed by atoms with Crippen LogP contribution < -0.4 is 0 Å². The Balaban J connectivity index is -0.000000107. The van der Waals surface area contributed by atoms with E-state index >= 15 is 0 Å². The summed E-state index contributed by atoms with van der Waals surface area (Å²) in [6.07, 6.45) is 7.30. The van der Waals surface area contributed by atoms with E-state index in [4.69, 9.17) is 0 Å². The molecule has 0 N–H and O–H groups in total. The van der Waals surface area contributed by atoms with E-state index in [2.05, 4.69) is 19.9 Å². The standard InChI is InChI=1S/C6H11.C3H7.Y/c1-3-5-6-4-2;1-3-2;/h4,6H,1,3,5H2,2H3;1,3H2,2H3;/q2*-1;. The minimum absolute atomic E-state index is 0. The van der Waals surface area contributed by atoms with Crippen molar-refractivity contribution in [2.75, 3.05) is 0 Å². The van der Waals surface area contributed by atoms with E-state index in [1.807, 2.05) is 19.9 Å². The predicted molar refractivity (Wildman–Crippen MR) is 45.1 cm³/mol. The molecule has 1 heteroatoms. The molecule has 0 atom stereocenters. The molecule has 0 heterocycles. The molecule has 0 saturated carbocycles. The molecule has 0 aliphatic carbocycles. The average molecular weight is 215 g/mol. The molecule has 0 fully saturated rings. The van der Waals surface area contributed by atoms with Gasteiger partial charge in [0.2, 0.25) is 0 Å². The summed E-state index contributed by atoms with van der Waals surface area (Å²) >= 11 is 0. The molecule has 0 nitrogen and oxygen atoms in total. The first-order chi connectivity index (χ1) is 4.33. The van der Waals surface area contributed by atoms with Gasteiger partial charge in [0.1, 0.15) is 0 Å². The van der Waals surface area contributed by atoms with E-state index in [9.17, 15) is 0 Å². The van der Waals surface area contributed by atoms with Gasteiger partial charge in [-0.15, -0.1) is 0 Å². The van der Waals surface area contributed by atoms with Crippen LogP contribution in [0.25, 0.3) is 0 Å². The second kappa shape index (κ2) is 22.5. The van der Waals surface area contributed by atoms with Gasteiger partial charge in [0, 0.05) is 32.7 Å². The van der Waals surface area contributed by atoms with Crippen molar-refractivity contribution in [3.05, 3.63) is 26.0 Å². The van der Waals surface area contributed by atoms with Crippen molar-refractivity contribution >= 4 is 0 Å². The monoisotopic (exact) mass is 215 g/mol. The summed E-state index contributed by atoms with van der Waals surface area (Å²) in [5.74, 6) is 0. The van der Waals surface area contributed by atoms with Crippen LogP contribution in [0.2, 0.25) is 0 Å². The third-order valence-electron chi connectivity index (χ3n) is 0.606. The van der Waals surface area contributed by atoms with Crippen LogP contribution in [-0.2, 0) is 32.7 Å². The van der Waals surface area contributed by atoms with Crippen molar-refractivity contribution in [2.24, 2.45) is 0 Å². The van der Waals surface area contributed by atoms with Crippen molar-refractivity contribution < 1.29 is 32.7 Å². The maximum Gasteiger partial charge on any atom is 0 e. The van der Waals surface area contributed by atoms with Crippen LogP contribution in [0, 0.1) is 13.8 Å². The number of hydrogen-bond donors (Lipinski definition) is 0. The van der Waals surface area contributed by atoms with E-state index in [-0.39, 0.29) is 32.7 Å². The maximum atomic E-state index is 3.67. The SMILES string of the molecule is [CH2-]CC.[CH2-]CCC=CC.[Y]. The van der Waals surface area contributed by atoms with E-state index in [1.54, 1.807) is 0 Å². The van der Waals surface area contributed by atoms with Gasteiger partial charge in [-0.1, -0.05) is 25.5 Å². The average Bonchev–Trinajstić information content (AvgIpc) is 1.86. The van der Waals surface area contributed by atoms with Crippen molar-refractivity contribution in [1.29, 1.82) is 0 Å². The Labute approximate surface area is 91.4 Å². The molecule has 0 unspecified atom stereocenters. The summed E-state index contributed by atoms with van der Waals surface area (Å²) in [5.41, 5.74) is 0. The van der Waals surface area contributed by atoms with Gasteiger partial charge in [0.05, 0.1) is 0 Å². The van der Waals surface area contributed by atoms with Crippen LogP contribution in [0.4, 0.5) is 0 Å². The van der Waals surface area contributed by atoms with E-state index in [0.29, 0.717) is 0 Å². The van der Waals surface area contributed by atoms with Crippen LogP contribution in [0.5, 0.6) is 0 Å². The quantitative estimate of drug-likeness (QED) is 0.489. The zero-order valence-electron chi connectivity index (χ0n) is 7.27. The molecule has 0 aliphatic heterocycles. The fourth-order valence-corrected chi connectivity index (χ4v) is 0.285. The second-order valence-corrected chi connectivity index (χ2v) is 1.71. The Hall–Kier alpha value is 0.844. The van der Waals surface area contributed by atoms with Gasteiger partial charge in [-0.3, -0.25) is 0 Å². The fraction of sp³-hybridized carbons (Fsp3) is 0.556. The second-order valence-electron chi connectivity index (χ2n) is 1.71. The Kier molecular flexibility index (Phi) is 38.5. The minimum atomic E-state index is 0. The van der Waals surface area contributed by atoms with Gasteiger partial charge in [-0.2, -0.15) is 12.8 Å². The minimum Gasteiger partial charge on any atom is -0.344 e. The Morgan fingerprint density at radius 1 is 1.30 bits per heavy atom. The summed E-state index contributed by atoms with van der Waals surface area (Å²) in [6, 6.07) is 0. The molecule has 10 heavy (non-hydrogen) atoms. The summed E-state index contributed by atoms with van der Waals surface area (Å²) in [5, 5.41) is 0. The van der Waals surface area contributed by atoms with Crippen LogP contribution in [0.15, 0.2) is 12.2 Å². The molecule has 59 valence electrons. The third kappa shape index (κ3) is 36.8. The topological polar surface area (TPSA) is 0 Å². The van der Waals surface area contributed by atoms with Crippen LogP contribution >= 0.6 is 0 Å². The molecule has 0 rings (SSSR count). The third-order valence-corrected chi connectivity index (χ3v) is 0.606. The summed E-state index contributed by atoms with van der Waals surface area (Å²) < 4.78 is 0. The summed E-state index contributed by atoms with van der Waals surface area (Å²) in [6.45, 7) is 11.2. The van der Waals surface area contributed by atoms with Gasteiger partial charge in [-0.05, 0) is 6.92 Å². The van der Waals surface area contributed by atoms with Crippen molar-refractivity contribution in [1.82, 2.24) is 0 Å². The first-order valence-corrected chi connectivity index (χ1v) is 3.53. The number of hydrogen-bond acceptors (Lipinski definition) is 0. The van der Waals surface area contributed by atoms with Gasteiger partial charge >= 0.3 is 0 Å². The van der Waals surface area contributed by atoms with Crippen LogP contribution in [0.3, 0.4) is 0 Å². The summed E-state index contributed by atoms with van der Waals surface area (Å²) in [7, 11) is 0. The van der Waals surface area contributed by atoms with Gasteiger partial charge in [0.15, 0.2) is 0 Å². The molecule has 0 spiro atoms. The molecule has 1 radical (unpaired) electrons. The fourth-order valence-electron chi connectivity index (χ4n) is 0.285. The Morgan fingerprint density at radius 3 is 1.80 bits per heavy atom. The molecule has 0 bridgehead atoms. The zero-order chi connectivity index (χ0) is 7.54. The van der Waals surface area contributed by atoms with E-state index in [1.165, 1.54) is 0 Å². The molecule has 0 aromatic rings. The summed E-state index contributed by atoms with van der Waals surface area (Å²) in [4.78, 5) is 0. The Bertz CT molecular complexity index is 48.7. The van der Waals surface area contributed by atoms with Gasteiger partial charge < -0.3 is 13.8 Å². The van der Waals surface area contributed by atoms with Gasteiger partial charge in [-0.25, -0.2) is 0 Å². The van der Waals surface area contributed by atoms with Crippen molar-refractivity contribution in [3.8, 4) is 0 Å². The predicted octanol–water partition coefficient (Wildman–Crippen LogP) is 3.40. The molecule has 0 aromatic heterocycles. The van der Waals surface area contributed by atoms with Crippen LogP contribution in [-0.4, -0.2) is 0 Å². The van der Waals surface area contributed by atoms with Crippen molar-refractivity contribution in [2.45, 2.75) is 33.1 Å². The largest absolute Gasteiger partial charge is 0.344 e. The van der Waals surface area contributed by atoms with E-state index in [0.717, 1.165) is 19.3 Å². The first kappa shape index (κ1) is 17.1. The maximum absolute atomic E-state index is 3.67. The van der Waals surface area contributed by atoms with Crippen molar-refractivity contribution in [3.63, 3.8) is 0 Å². The Morgan fingerprint density at radius 2 is 1.70 bits per heavy atom. The van der Waals surface area contributed by atoms with Crippen LogP contribution in [0.1, 0.15) is 33.1 Å². The molecular weight excluding hydrogens is 197 g/mol. The first-order valence-electron chi connectivity index (χ1n) is 3.53. The van der Waals surface area contributed by atoms with Gasteiger partial charge in [0.25, 0.3) is 0 Å². The molecular formula is C9H18Y-2. The molecule has 0 aromatic carbocycles. The number of unbranched alkanes of at least 4 members (excludes halogenated alkanes) is 1. The number of rotatable bonds is 2. The molecule has 0 amide bonds. The zero-order valence-corrected chi connectivity index (χ0v) is 10.1.